The van der Waals surface area contributed by atoms with Crippen molar-refractivity contribution in [1.29, 1.82) is 0 Å². The number of methoxy groups -OCH3 is 2. The average molecular weight is 373 g/mol. The lowest BCUT2D eigenvalue weighted by atomic mass is 10.1. The van der Waals surface area contributed by atoms with Crippen LogP contribution in [0.4, 0.5) is 17.5 Å². The topological polar surface area (TPSA) is 86.0 Å². The fraction of sp³-hybridized carbons (Fsp3) is 0.474. The molecule has 0 radical (unpaired) electrons. The zero-order chi connectivity index (χ0) is 19.2. The molecule has 3 rings (SSSR count). The van der Waals surface area contributed by atoms with E-state index in [1.54, 1.807) is 26.5 Å². The molecule has 8 heteroatoms. The van der Waals surface area contributed by atoms with Gasteiger partial charge in [0.05, 0.1) is 19.8 Å². The third-order valence-electron chi connectivity index (χ3n) is 4.63. The van der Waals surface area contributed by atoms with Crippen molar-refractivity contribution in [3.8, 4) is 11.5 Å². The van der Waals surface area contributed by atoms with Crippen LogP contribution in [0.5, 0.6) is 11.5 Å². The minimum absolute atomic E-state index is 0.382. The molecule has 1 aliphatic heterocycles. The van der Waals surface area contributed by atoms with Crippen LogP contribution in [0.3, 0.4) is 0 Å². The summed E-state index contributed by atoms with van der Waals surface area (Å²) in [5, 5.41) is 0. The number of likely N-dealkylation sites (tertiary alicyclic amines) is 1. The number of hydrogen-bond acceptors (Lipinski definition) is 8. The number of hydrogen-bond donors (Lipinski definition) is 1. The number of nitrogen functional groups attached to an aromatic ring is 1. The molecule has 1 aliphatic rings. The Kier molecular flexibility index (Phi) is 6.31. The molecule has 0 aliphatic carbocycles. The van der Waals surface area contributed by atoms with Gasteiger partial charge in [-0.3, -0.25) is 4.90 Å². The number of nitrogens with zero attached hydrogens (tertiary/aromatic N) is 4. The summed E-state index contributed by atoms with van der Waals surface area (Å²) in [4.78, 5) is 12.7. The quantitative estimate of drug-likeness (QED) is 0.668. The second kappa shape index (κ2) is 8.88. The minimum Gasteiger partial charge on any atom is -0.493 e. The number of rotatable bonds is 9. The van der Waals surface area contributed by atoms with E-state index in [2.05, 4.69) is 14.9 Å². The van der Waals surface area contributed by atoms with E-state index < -0.39 is 0 Å². The maximum atomic E-state index is 5.98. The summed E-state index contributed by atoms with van der Waals surface area (Å²) in [5.41, 5.74) is 6.65. The molecule has 0 bridgehead atoms. The number of ether oxygens (including phenoxy) is 3. The summed E-state index contributed by atoms with van der Waals surface area (Å²) in [5.74, 6) is 2.35. The largest absolute Gasteiger partial charge is 0.493 e. The zero-order valence-electron chi connectivity index (χ0n) is 16.1. The van der Waals surface area contributed by atoms with E-state index in [9.17, 15) is 0 Å². The number of benzene rings is 1. The van der Waals surface area contributed by atoms with Gasteiger partial charge in [0.25, 0.3) is 0 Å². The Bertz CT molecular complexity index is 752. The molecular weight excluding hydrogens is 346 g/mol. The van der Waals surface area contributed by atoms with E-state index in [0.717, 1.165) is 31.7 Å². The number of aromatic nitrogens is 2. The van der Waals surface area contributed by atoms with Gasteiger partial charge >= 0.3 is 0 Å². The summed E-state index contributed by atoms with van der Waals surface area (Å²) in [6.45, 7) is 3.62. The van der Waals surface area contributed by atoms with Gasteiger partial charge in [-0.2, -0.15) is 4.98 Å². The van der Waals surface area contributed by atoms with Gasteiger partial charge in [0.2, 0.25) is 5.95 Å². The van der Waals surface area contributed by atoms with Gasteiger partial charge < -0.3 is 24.8 Å². The third-order valence-corrected chi connectivity index (χ3v) is 4.63. The zero-order valence-corrected chi connectivity index (χ0v) is 16.1. The predicted octanol–water partition coefficient (Wildman–Crippen LogP) is 1.93. The van der Waals surface area contributed by atoms with Crippen LogP contribution in [0.2, 0.25) is 0 Å². The Morgan fingerprint density at radius 3 is 2.74 bits per heavy atom. The Labute approximate surface area is 159 Å². The van der Waals surface area contributed by atoms with Gasteiger partial charge in [-0.25, -0.2) is 4.98 Å². The van der Waals surface area contributed by atoms with E-state index in [4.69, 9.17) is 19.9 Å². The molecule has 1 saturated heterocycles. The summed E-state index contributed by atoms with van der Waals surface area (Å²) < 4.78 is 16.7. The molecule has 0 spiro atoms. The lowest BCUT2D eigenvalue weighted by molar-refractivity contribution is -0.0306. The van der Waals surface area contributed by atoms with Gasteiger partial charge in [0.15, 0.2) is 11.5 Å². The maximum Gasteiger partial charge on any atom is 0.231 e. The summed E-state index contributed by atoms with van der Waals surface area (Å²) in [6, 6.07) is 7.40. The molecule has 27 heavy (non-hydrogen) atoms. The van der Waals surface area contributed by atoms with Crippen molar-refractivity contribution in [2.75, 3.05) is 58.1 Å². The molecule has 0 unspecified atom stereocenters. The van der Waals surface area contributed by atoms with Crippen molar-refractivity contribution < 1.29 is 14.2 Å². The van der Waals surface area contributed by atoms with Crippen molar-refractivity contribution in [3.05, 3.63) is 30.5 Å². The highest BCUT2D eigenvalue weighted by Crippen LogP contribution is 2.33. The molecule has 0 atom stereocenters. The normalized spacial score (nSPS) is 14.6. The third kappa shape index (κ3) is 4.78. The monoisotopic (exact) mass is 373 g/mol. The van der Waals surface area contributed by atoms with E-state index in [1.165, 1.54) is 0 Å². The highest BCUT2D eigenvalue weighted by atomic mass is 16.5. The maximum absolute atomic E-state index is 5.98. The first-order chi connectivity index (χ1) is 13.1. The fourth-order valence-electron chi connectivity index (χ4n) is 2.95. The van der Waals surface area contributed by atoms with Gasteiger partial charge in [-0.05, 0) is 24.6 Å². The molecule has 1 aromatic carbocycles. The molecule has 2 N–H and O–H groups in total. The standard InChI is InChI=1S/C19H27N5O3/c1-23(19-21-8-7-18(20)22-19)14-5-6-16(26-3)17(11-14)27-10-4-9-24-12-15(13-24)25-2/h5-8,11,15H,4,9-10,12-13H2,1-3H3,(H2,20,21,22). The Morgan fingerprint density at radius 1 is 1.22 bits per heavy atom. The molecule has 0 saturated carbocycles. The van der Waals surface area contributed by atoms with E-state index >= 15 is 0 Å². The van der Waals surface area contributed by atoms with Gasteiger partial charge in [0, 0.05) is 51.7 Å². The number of anilines is 3. The lowest BCUT2D eigenvalue weighted by Crippen LogP contribution is -2.51. The first kappa shape index (κ1) is 19.2. The van der Waals surface area contributed by atoms with Crippen LogP contribution in [0.25, 0.3) is 0 Å². The first-order valence-electron chi connectivity index (χ1n) is 8.99. The van der Waals surface area contributed by atoms with E-state index in [0.29, 0.717) is 36.0 Å². The Balaban J connectivity index is 1.59. The molecule has 0 amide bonds. The van der Waals surface area contributed by atoms with Crippen LogP contribution in [0, 0.1) is 0 Å². The second-order valence-electron chi connectivity index (χ2n) is 6.49. The molecule has 2 aromatic rings. The lowest BCUT2D eigenvalue weighted by Gasteiger charge is -2.38. The van der Waals surface area contributed by atoms with E-state index in [1.807, 2.05) is 30.1 Å². The SMILES string of the molecule is COc1ccc(N(C)c2nccc(N)n2)cc1OCCCN1CC(OC)C1. The minimum atomic E-state index is 0.382. The Hall–Kier alpha value is -2.58. The smallest absolute Gasteiger partial charge is 0.231 e. The summed E-state index contributed by atoms with van der Waals surface area (Å²) in [6.07, 6.45) is 2.96. The molecule has 2 heterocycles. The molecule has 1 aromatic heterocycles. The highest BCUT2D eigenvalue weighted by Gasteiger charge is 2.25. The van der Waals surface area contributed by atoms with Crippen LogP contribution in [-0.4, -0.2) is 68.5 Å². The van der Waals surface area contributed by atoms with Crippen LogP contribution in [0.15, 0.2) is 30.5 Å². The summed E-state index contributed by atoms with van der Waals surface area (Å²) in [7, 11) is 5.28. The Morgan fingerprint density at radius 2 is 2.04 bits per heavy atom. The van der Waals surface area contributed by atoms with Crippen LogP contribution < -0.4 is 20.1 Å². The van der Waals surface area contributed by atoms with Crippen LogP contribution in [-0.2, 0) is 4.74 Å². The van der Waals surface area contributed by atoms with Crippen molar-refractivity contribution >= 4 is 17.5 Å². The van der Waals surface area contributed by atoms with Crippen molar-refractivity contribution in [1.82, 2.24) is 14.9 Å². The second-order valence-corrected chi connectivity index (χ2v) is 6.49. The van der Waals surface area contributed by atoms with Gasteiger partial charge in [0.1, 0.15) is 5.82 Å². The van der Waals surface area contributed by atoms with Gasteiger partial charge in [-0.15, -0.1) is 0 Å². The molecular formula is C19H27N5O3. The van der Waals surface area contributed by atoms with Crippen molar-refractivity contribution in [3.63, 3.8) is 0 Å². The van der Waals surface area contributed by atoms with Gasteiger partial charge in [-0.1, -0.05) is 0 Å². The number of nitrogens with two attached hydrogens (primary N) is 1. The fourth-order valence-corrected chi connectivity index (χ4v) is 2.95. The van der Waals surface area contributed by atoms with Crippen molar-refractivity contribution in [2.45, 2.75) is 12.5 Å². The summed E-state index contributed by atoms with van der Waals surface area (Å²) >= 11 is 0. The average Bonchev–Trinajstić information content (AvgIpc) is 2.65. The molecule has 8 nitrogen and oxygen atoms in total. The predicted molar refractivity (Wildman–Crippen MR) is 105 cm³/mol. The van der Waals surface area contributed by atoms with Crippen molar-refractivity contribution in [2.24, 2.45) is 0 Å². The first-order valence-corrected chi connectivity index (χ1v) is 8.99. The van der Waals surface area contributed by atoms with Crippen LogP contribution in [0.1, 0.15) is 6.42 Å². The highest BCUT2D eigenvalue weighted by molar-refractivity contribution is 5.62. The van der Waals surface area contributed by atoms with E-state index in [-0.39, 0.29) is 0 Å². The molecule has 146 valence electrons. The molecule has 1 fully saturated rings. The van der Waals surface area contributed by atoms with Crippen LogP contribution >= 0.6 is 0 Å².